The fourth-order valence-electron chi connectivity index (χ4n) is 2.05. The van der Waals surface area contributed by atoms with Crippen LogP contribution in [-0.2, 0) is 6.54 Å². The zero-order valence-corrected chi connectivity index (χ0v) is 12.3. The van der Waals surface area contributed by atoms with Gasteiger partial charge in [-0.2, -0.15) is 5.26 Å². The van der Waals surface area contributed by atoms with Crippen molar-refractivity contribution in [1.82, 2.24) is 4.90 Å². The van der Waals surface area contributed by atoms with Crippen molar-refractivity contribution < 1.29 is 4.79 Å². The lowest BCUT2D eigenvalue weighted by atomic mass is 10.1. The Balaban J connectivity index is 2.21. The van der Waals surface area contributed by atoms with Gasteiger partial charge in [0.15, 0.2) is 0 Å². The van der Waals surface area contributed by atoms with Crippen LogP contribution >= 0.6 is 11.6 Å². The molecule has 0 unspecified atom stereocenters. The highest BCUT2D eigenvalue weighted by Gasteiger charge is 2.18. The monoisotopic (exact) mass is 298 g/mol. The summed E-state index contributed by atoms with van der Waals surface area (Å²) in [6.07, 6.45) is 0.295. The molecule has 0 N–H and O–H groups in total. The Morgan fingerprint density at radius 3 is 2.43 bits per heavy atom. The first-order valence-corrected chi connectivity index (χ1v) is 7.05. The summed E-state index contributed by atoms with van der Waals surface area (Å²) in [6.45, 7) is 0.849. The summed E-state index contributed by atoms with van der Waals surface area (Å²) in [5.74, 6) is -0.153. The maximum Gasteiger partial charge on any atom is 0.255 e. The standard InChI is InChI=1S/C17H15ClN2O/c18-16-10-5-4-9-15(16)17(21)20(12-6-11-19)13-14-7-2-1-3-8-14/h1-5,7-10H,6,12-13H2. The van der Waals surface area contributed by atoms with Crippen LogP contribution < -0.4 is 0 Å². The summed E-state index contributed by atoms with van der Waals surface area (Å²) in [6, 6.07) is 18.7. The van der Waals surface area contributed by atoms with Crippen molar-refractivity contribution in [2.45, 2.75) is 13.0 Å². The molecule has 0 saturated carbocycles. The molecule has 4 heteroatoms. The average molecular weight is 299 g/mol. The second kappa shape index (κ2) is 7.47. The van der Waals surface area contributed by atoms with Gasteiger partial charge in [-0.3, -0.25) is 4.79 Å². The number of amides is 1. The Kier molecular flexibility index (Phi) is 5.36. The van der Waals surface area contributed by atoms with Crippen LogP contribution in [0.3, 0.4) is 0 Å². The Hall–Kier alpha value is -2.31. The number of hydrogen-bond acceptors (Lipinski definition) is 2. The van der Waals surface area contributed by atoms with E-state index in [1.807, 2.05) is 30.3 Å². The van der Waals surface area contributed by atoms with Crippen molar-refractivity contribution in [3.8, 4) is 6.07 Å². The first kappa shape index (κ1) is 15.1. The SMILES string of the molecule is N#CCCN(Cc1ccccc1)C(=O)c1ccccc1Cl. The molecule has 21 heavy (non-hydrogen) atoms. The number of benzene rings is 2. The van der Waals surface area contributed by atoms with Crippen molar-refractivity contribution >= 4 is 17.5 Å². The zero-order chi connectivity index (χ0) is 15.1. The molecule has 2 aromatic carbocycles. The highest BCUT2D eigenvalue weighted by molar-refractivity contribution is 6.33. The maximum atomic E-state index is 12.6. The van der Waals surface area contributed by atoms with Gasteiger partial charge in [0.25, 0.3) is 5.91 Å². The molecule has 2 rings (SSSR count). The van der Waals surface area contributed by atoms with E-state index in [2.05, 4.69) is 6.07 Å². The van der Waals surface area contributed by atoms with Gasteiger partial charge in [0.05, 0.1) is 23.1 Å². The number of rotatable bonds is 5. The molecule has 0 atom stereocenters. The predicted octanol–water partition coefficient (Wildman–Crippen LogP) is 3.90. The predicted molar refractivity (Wildman–Crippen MR) is 82.9 cm³/mol. The van der Waals surface area contributed by atoms with Gasteiger partial charge in [0.1, 0.15) is 0 Å². The van der Waals surface area contributed by atoms with Crippen LogP contribution in [0.2, 0.25) is 5.02 Å². The summed E-state index contributed by atoms with van der Waals surface area (Å²) in [5.41, 5.74) is 1.49. The first-order chi connectivity index (χ1) is 10.2. The van der Waals surface area contributed by atoms with Gasteiger partial charge in [-0.05, 0) is 17.7 Å². The Morgan fingerprint density at radius 2 is 1.76 bits per heavy atom. The van der Waals surface area contributed by atoms with Crippen LogP contribution in [0.5, 0.6) is 0 Å². The van der Waals surface area contributed by atoms with Crippen LogP contribution in [0, 0.1) is 11.3 Å². The molecule has 1 amide bonds. The van der Waals surface area contributed by atoms with Gasteiger partial charge in [-0.1, -0.05) is 54.1 Å². The number of carbonyl (C=O) groups excluding carboxylic acids is 1. The highest BCUT2D eigenvalue weighted by atomic mass is 35.5. The number of carbonyl (C=O) groups is 1. The molecule has 0 aliphatic carbocycles. The topological polar surface area (TPSA) is 44.1 Å². The molecule has 0 fully saturated rings. The molecule has 0 bridgehead atoms. The van der Waals surface area contributed by atoms with E-state index < -0.39 is 0 Å². The highest BCUT2D eigenvalue weighted by Crippen LogP contribution is 2.18. The summed E-state index contributed by atoms with van der Waals surface area (Å²) < 4.78 is 0. The number of halogens is 1. The average Bonchev–Trinajstić information content (AvgIpc) is 2.52. The smallest absolute Gasteiger partial charge is 0.255 e. The quantitative estimate of drug-likeness (QED) is 0.840. The Bertz CT molecular complexity index is 649. The molecule has 0 radical (unpaired) electrons. The van der Waals surface area contributed by atoms with Gasteiger partial charge in [0.2, 0.25) is 0 Å². The van der Waals surface area contributed by atoms with Gasteiger partial charge in [-0.25, -0.2) is 0 Å². The number of hydrogen-bond donors (Lipinski definition) is 0. The lowest BCUT2D eigenvalue weighted by Crippen LogP contribution is -2.31. The third kappa shape index (κ3) is 4.08. The molecule has 106 valence electrons. The van der Waals surface area contributed by atoms with Crippen molar-refractivity contribution in [3.05, 3.63) is 70.7 Å². The van der Waals surface area contributed by atoms with E-state index in [-0.39, 0.29) is 5.91 Å². The van der Waals surface area contributed by atoms with E-state index in [1.165, 1.54) is 0 Å². The van der Waals surface area contributed by atoms with Gasteiger partial charge < -0.3 is 4.90 Å². The van der Waals surface area contributed by atoms with Crippen LogP contribution in [-0.4, -0.2) is 17.4 Å². The van der Waals surface area contributed by atoms with Crippen molar-refractivity contribution in [2.24, 2.45) is 0 Å². The summed E-state index contributed by atoms with van der Waals surface area (Å²) in [4.78, 5) is 14.3. The fraction of sp³-hybridized carbons (Fsp3) is 0.176. The molecule has 0 aromatic heterocycles. The molecular formula is C17H15ClN2O. The molecule has 0 heterocycles. The summed E-state index contributed by atoms with van der Waals surface area (Å²) in [5, 5.41) is 9.20. The molecule has 3 nitrogen and oxygen atoms in total. The van der Waals surface area contributed by atoms with Crippen molar-refractivity contribution in [2.75, 3.05) is 6.54 Å². The van der Waals surface area contributed by atoms with Gasteiger partial charge in [-0.15, -0.1) is 0 Å². The minimum atomic E-state index is -0.153. The first-order valence-electron chi connectivity index (χ1n) is 6.67. The fourth-order valence-corrected chi connectivity index (χ4v) is 2.26. The molecule has 0 aliphatic heterocycles. The van der Waals surface area contributed by atoms with Crippen LogP contribution in [0.4, 0.5) is 0 Å². The molecular weight excluding hydrogens is 284 g/mol. The van der Waals surface area contributed by atoms with E-state index in [1.54, 1.807) is 29.2 Å². The largest absolute Gasteiger partial charge is 0.333 e. The number of nitriles is 1. The van der Waals surface area contributed by atoms with E-state index in [0.29, 0.717) is 30.1 Å². The Labute approximate surface area is 129 Å². The molecule has 0 saturated heterocycles. The lowest BCUT2D eigenvalue weighted by molar-refractivity contribution is 0.0747. The lowest BCUT2D eigenvalue weighted by Gasteiger charge is -2.22. The summed E-state index contributed by atoms with van der Waals surface area (Å²) in [7, 11) is 0. The summed E-state index contributed by atoms with van der Waals surface area (Å²) >= 11 is 6.09. The maximum absolute atomic E-state index is 12.6. The van der Waals surface area contributed by atoms with E-state index >= 15 is 0 Å². The Morgan fingerprint density at radius 1 is 1.10 bits per heavy atom. The normalized spacial score (nSPS) is 9.90. The zero-order valence-electron chi connectivity index (χ0n) is 11.5. The van der Waals surface area contributed by atoms with E-state index in [4.69, 9.17) is 16.9 Å². The minimum Gasteiger partial charge on any atom is -0.333 e. The molecule has 0 aliphatic rings. The second-order valence-electron chi connectivity index (χ2n) is 4.60. The van der Waals surface area contributed by atoms with Crippen molar-refractivity contribution in [1.29, 1.82) is 5.26 Å². The van der Waals surface area contributed by atoms with Gasteiger partial charge in [0, 0.05) is 13.1 Å². The van der Waals surface area contributed by atoms with E-state index in [0.717, 1.165) is 5.56 Å². The third-order valence-corrected chi connectivity index (χ3v) is 3.43. The molecule has 0 spiro atoms. The van der Waals surface area contributed by atoms with Gasteiger partial charge >= 0.3 is 0 Å². The van der Waals surface area contributed by atoms with Crippen molar-refractivity contribution in [3.63, 3.8) is 0 Å². The third-order valence-electron chi connectivity index (χ3n) is 3.10. The van der Waals surface area contributed by atoms with Crippen LogP contribution in [0.25, 0.3) is 0 Å². The molecule has 2 aromatic rings. The minimum absolute atomic E-state index is 0.153. The number of nitrogens with zero attached hydrogens (tertiary/aromatic N) is 2. The van der Waals surface area contributed by atoms with Crippen LogP contribution in [0.15, 0.2) is 54.6 Å². The van der Waals surface area contributed by atoms with Crippen LogP contribution in [0.1, 0.15) is 22.3 Å². The van der Waals surface area contributed by atoms with E-state index in [9.17, 15) is 4.79 Å². The second-order valence-corrected chi connectivity index (χ2v) is 5.01.